The van der Waals surface area contributed by atoms with Crippen LogP contribution < -0.4 is 4.74 Å². The quantitative estimate of drug-likeness (QED) is 0.845. The number of fused-ring (bicyclic) bond motifs is 1. The van der Waals surface area contributed by atoms with Crippen LogP contribution >= 0.6 is 11.6 Å². The first kappa shape index (κ1) is 12.2. The fourth-order valence-corrected chi connectivity index (χ4v) is 1.96. The summed E-state index contributed by atoms with van der Waals surface area (Å²) in [4.78, 5) is 0. The molecule has 0 saturated heterocycles. The minimum Gasteiger partial charge on any atom is -0.497 e. The van der Waals surface area contributed by atoms with E-state index in [0.717, 1.165) is 22.1 Å². The lowest BCUT2D eigenvalue weighted by Crippen LogP contribution is -2.07. The van der Waals surface area contributed by atoms with Gasteiger partial charge in [-0.3, -0.25) is 0 Å². The Hall–Kier alpha value is -1.25. The highest BCUT2D eigenvalue weighted by molar-refractivity contribution is 6.20. The van der Waals surface area contributed by atoms with Crippen LogP contribution in [0.15, 0.2) is 36.4 Å². The van der Waals surface area contributed by atoms with Crippen LogP contribution in [0.3, 0.4) is 0 Å². The molecule has 0 aliphatic rings. The van der Waals surface area contributed by atoms with Crippen molar-refractivity contribution in [3.05, 3.63) is 42.0 Å². The highest BCUT2D eigenvalue weighted by Crippen LogP contribution is 2.26. The molecule has 0 fully saturated rings. The average molecular weight is 251 g/mol. The Morgan fingerprint density at radius 2 is 1.76 bits per heavy atom. The van der Waals surface area contributed by atoms with Gasteiger partial charge in [0.1, 0.15) is 5.75 Å². The van der Waals surface area contributed by atoms with Gasteiger partial charge in [0.2, 0.25) is 0 Å². The van der Waals surface area contributed by atoms with Crippen LogP contribution in [0.1, 0.15) is 18.6 Å². The maximum absolute atomic E-state index is 9.90. The zero-order valence-corrected chi connectivity index (χ0v) is 10.6. The van der Waals surface area contributed by atoms with E-state index in [4.69, 9.17) is 16.3 Å². The third-order valence-electron chi connectivity index (χ3n) is 2.85. The van der Waals surface area contributed by atoms with Crippen LogP contribution in [0.25, 0.3) is 10.8 Å². The minimum absolute atomic E-state index is 0.300. The molecule has 0 radical (unpaired) electrons. The highest BCUT2D eigenvalue weighted by Gasteiger charge is 2.13. The third-order valence-corrected chi connectivity index (χ3v) is 3.09. The first-order chi connectivity index (χ1) is 8.11. The summed E-state index contributed by atoms with van der Waals surface area (Å²) in [6.07, 6.45) is -0.636. The zero-order chi connectivity index (χ0) is 12.4. The summed E-state index contributed by atoms with van der Waals surface area (Å²) in [5.41, 5.74) is 0.838. The Morgan fingerprint density at radius 1 is 1.12 bits per heavy atom. The van der Waals surface area contributed by atoms with E-state index in [-0.39, 0.29) is 5.38 Å². The molecule has 3 heteroatoms. The smallest absolute Gasteiger partial charge is 0.119 e. The first-order valence-corrected chi connectivity index (χ1v) is 5.95. The molecule has 2 nitrogen and oxygen atoms in total. The predicted octanol–water partition coefficient (Wildman–Crippen LogP) is 3.51. The van der Waals surface area contributed by atoms with Gasteiger partial charge in [-0.2, -0.15) is 0 Å². The predicted molar refractivity (Wildman–Crippen MR) is 70.8 cm³/mol. The molecule has 1 N–H and O–H groups in total. The standard InChI is InChI=1S/C14H15ClO2/c1-9(15)14(16)12-4-3-11-8-13(17-2)6-5-10(11)7-12/h3-9,14,16H,1-2H3. The molecule has 0 spiro atoms. The van der Waals surface area contributed by atoms with Gasteiger partial charge < -0.3 is 9.84 Å². The molecular weight excluding hydrogens is 236 g/mol. The summed E-state index contributed by atoms with van der Waals surface area (Å²) in [5, 5.41) is 11.8. The van der Waals surface area contributed by atoms with Crippen molar-refractivity contribution < 1.29 is 9.84 Å². The average Bonchev–Trinajstić information content (AvgIpc) is 2.36. The number of alkyl halides is 1. The molecule has 0 aliphatic carbocycles. The van der Waals surface area contributed by atoms with Gasteiger partial charge in [-0.05, 0) is 41.5 Å². The molecule has 2 atom stereocenters. The Balaban J connectivity index is 2.44. The maximum atomic E-state index is 9.90. The largest absolute Gasteiger partial charge is 0.497 e. The lowest BCUT2D eigenvalue weighted by molar-refractivity contribution is 0.177. The maximum Gasteiger partial charge on any atom is 0.119 e. The van der Waals surface area contributed by atoms with Gasteiger partial charge in [0.05, 0.1) is 18.6 Å². The molecule has 17 heavy (non-hydrogen) atoms. The zero-order valence-electron chi connectivity index (χ0n) is 9.85. The molecule has 90 valence electrons. The van der Waals surface area contributed by atoms with Crippen molar-refractivity contribution in [2.24, 2.45) is 0 Å². The summed E-state index contributed by atoms with van der Waals surface area (Å²) >= 11 is 5.89. The topological polar surface area (TPSA) is 29.5 Å². The molecule has 0 aromatic heterocycles. The van der Waals surface area contributed by atoms with Crippen molar-refractivity contribution in [1.29, 1.82) is 0 Å². The van der Waals surface area contributed by atoms with Crippen LogP contribution in [-0.4, -0.2) is 17.6 Å². The molecule has 2 unspecified atom stereocenters. The number of aliphatic hydroxyl groups is 1. The lowest BCUT2D eigenvalue weighted by atomic mass is 10.0. The summed E-state index contributed by atoms with van der Waals surface area (Å²) in [7, 11) is 1.65. The Labute approximate surface area is 106 Å². The Morgan fingerprint density at radius 3 is 2.41 bits per heavy atom. The summed E-state index contributed by atoms with van der Waals surface area (Å²) < 4.78 is 5.17. The van der Waals surface area contributed by atoms with Gasteiger partial charge in [0.15, 0.2) is 0 Å². The van der Waals surface area contributed by atoms with Gasteiger partial charge in [0.25, 0.3) is 0 Å². The number of halogens is 1. The lowest BCUT2D eigenvalue weighted by Gasteiger charge is -2.14. The number of aliphatic hydroxyl groups excluding tert-OH is 1. The first-order valence-electron chi connectivity index (χ1n) is 5.51. The number of hydrogen-bond donors (Lipinski definition) is 1. The number of hydrogen-bond acceptors (Lipinski definition) is 2. The number of ether oxygens (including phenoxy) is 1. The fourth-order valence-electron chi connectivity index (χ4n) is 1.82. The van der Waals surface area contributed by atoms with Crippen molar-refractivity contribution >= 4 is 22.4 Å². The molecule has 0 amide bonds. The van der Waals surface area contributed by atoms with Gasteiger partial charge in [0, 0.05) is 0 Å². The van der Waals surface area contributed by atoms with E-state index in [1.807, 2.05) is 36.4 Å². The summed E-state index contributed by atoms with van der Waals surface area (Å²) in [5.74, 6) is 0.830. The Bertz CT molecular complexity index is 523. The molecular formula is C14H15ClO2. The fraction of sp³-hybridized carbons (Fsp3) is 0.286. The molecule has 0 saturated carbocycles. The van der Waals surface area contributed by atoms with Crippen molar-refractivity contribution in [3.63, 3.8) is 0 Å². The van der Waals surface area contributed by atoms with E-state index in [9.17, 15) is 5.11 Å². The Kier molecular flexibility index (Phi) is 3.55. The van der Waals surface area contributed by atoms with Crippen LogP contribution in [0.5, 0.6) is 5.75 Å². The molecule has 2 aromatic carbocycles. The van der Waals surface area contributed by atoms with E-state index < -0.39 is 6.10 Å². The second-order valence-corrected chi connectivity index (χ2v) is 4.78. The van der Waals surface area contributed by atoms with Crippen LogP contribution in [0, 0.1) is 0 Å². The van der Waals surface area contributed by atoms with Crippen LogP contribution in [0.2, 0.25) is 0 Å². The van der Waals surface area contributed by atoms with Gasteiger partial charge in [-0.25, -0.2) is 0 Å². The second-order valence-electron chi connectivity index (χ2n) is 4.09. The minimum atomic E-state index is -0.636. The van der Waals surface area contributed by atoms with Crippen molar-refractivity contribution in [2.45, 2.75) is 18.4 Å². The number of benzene rings is 2. The third kappa shape index (κ3) is 2.54. The van der Waals surface area contributed by atoms with E-state index in [2.05, 4.69) is 0 Å². The van der Waals surface area contributed by atoms with E-state index in [0.29, 0.717) is 0 Å². The van der Waals surface area contributed by atoms with Crippen LogP contribution in [-0.2, 0) is 0 Å². The highest BCUT2D eigenvalue weighted by atomic mass is 35.5. The molecule has 2 rings (SSSR count). The van der Waals surface area contributed by atoms with Gasteiger partial charge >= 0.3 is 0 Å². The monoisotopic (exact) mass is 250 g/mol. The number of rotatable bonds is 3. The molecule has 0 aliphatic heterocycles. The van der Waals surface area contributed by atoms with Gasteiger partial charge in [-0.1, -0.05) is 18.2 Å². The van der Waals surface area contributed by atoms with E-state index in [1.165, 1.54) is 0 Å². The van der Waals surface area contributed by atoms with Crippen molar-refractivity contribution in [2.75, 3.05) is 7.11 Å². The van der Waals surface area contributed by atoms with Gasteiger partial charge in [-0.15, -0.1) is 11.6 Å². The normalized spacial score (nSPS) is 14.6. The summed E-state index contributed by atoms with van der Waals surface area (Å²) in [6.45, 7) is 1.78. The molecule has 2 aromatic rings. The van der Waals surface area contributed by atoms with Crippen molar-refractivity contribution in [1.82, 2.24) is 0 Å². The number of methoxy groups -OCH3 is 1. The van der Waals surface area contributed by atoms with Crippen LogP contribution in [0.4, 0.5) is 0 Å². The summed E-state index contributed by atoms with van der Waals surface area (Å²) in [6, 6.07) is 11.7. The SMILES string of the molecule is COc1ccc2cc(C(O)C(C)Cl)ccc2c1. The second kappa shape index (κ2) is 4.94. The van der Waals surface area contributed by atoms with E-state index in [1.54, 1.807) is 14.0 Å². The van der Waals surface area contributed by atoms with E-state index >= 15 is 0 Å². The van der Waals surface area contributed by atoms with Crippen molar-refractivity contribution in [3.8, 4) is 5.75 Å². The molecule has 0 heterocycles. The molecule has 0 bridgehead atoms.